The van der Waals surface area contributed by atoms with E-state index in [1.165, 1.54) is 0 Å². The van der Waals surface area contributed by atoms with Gasteiger partial charge in [-0.05, 0) is 75.2 Å². The molecule has 0 fully saturated rings. The summed E-state index contributed by atoms with van der Waals surface area (Å²) >= 11 is 6.95. The summed E-state index contributed by atoms with van der Waals surface area (Å²) in [6.45, 7) is 5.83. The summed E-state index contributed by atoms with van der Waals surface area (Å²) in [6.07, 6.45) is 3.28. The fraction of sp³-hybridized carbons (Fsp3) is 0.600. The highest BCUT2D eigenvalue weighted by Crippen LogP contribution is 2.36. The van der Waals surface area contributed by atoms with E-state index in [1.807, 2.05) is 12.1 Å². The van der Waals surface area contributed by atoms with Crippen molar-refractivity contribution in [3.63, 3.8) is 0 Å². The molecule has 0 saturated carbocycles. The minimum absolute atomic E-state index is 0.226. The van der Waals surface area contributed by atoms with Crippen molar-refractivity contribution in [3.05, 3.63) is 21.1 Å². The lowest BCUT2D eigenvalue weighted by Crippen LogP contribution is -2.23. The zero-order valence-corrected chi connectivity index (χ0v) is 15.5. The number of hydrogen-bond donors (Lipinski definition) is 1. The third-order valence-electron chi connectivity index (χ3n) is 3.26. The molecule has 0 aliphatic carbocycles. The first-order chi connectivity index (χ1) is 9.39. The van der Waals surface area contributed by atoms with Gasteiger partial charge in [0.05, 0.1) is 22.7 Å². The molecule has 20 heavy (non-hydrogen) atoms. The largest absolute Gasteiger partial charge is 0.496 e. The first kappa shape index (κ1) is 17.8. The minimum atomic E-state index is 0.226. The average molecular weight is 409 g/mol. The molecule has 0 spiro atoms. The Morgan fingerprint density at radius 3 is 2.30 bits per heavy atom. The number of rotatable bonds is 8. The van der Waals surface area contributed by atoms with E-state index < -0.39 is 0 Å². The first-order valence-corrected chi connectivity index (χ1v) is 8.34. The van der Waals surface area contributed by atoms with Gasteiger partial charge in [-0.15, -0.1) is 0 Å². The van der Waals surface area contributed by atoms with Gasteiger partial charge in [0.2, 0.25) is 0 Å². The fourth-order valence-electron chi connectivity index (χ4n) is 1.77. The number of benzene rings is 1. The Hall–Kier alpha value is -0.260. The van der Waals surface area contributed by atoms with Gasteiger partial charge in [0.15, 0.2) is 0 Å². The minimum Gasteiger partial charge on any atom is -0.496 e. The summed E-state index contributed by atoms with van der Waals surface area (Å²) in [4.78, 5) is 0. The second kappa shape index (κ2) is 8.25. The maximum absolute atomic E-state index is 5.80. The molecular weight excluding hydrogens is 386 g/mol. The molecular formula is C15H23Br2NO2. The summed E-state index contributed by atoms with van der Waals surface area (Å²) in [5.41, 5.74) is 5.95. The number of hydrogen-bond acceptors (Lipinski definition) is 3. The molecule has 0 unspecified atom stereocenters. The Bertz CT molecular complexity index is 436. The summed E-state index contributed by atoms with van der Waals surface area (Å²) in [7, 11) is 1.65. The van der Waals surface area contributed by atoms with Crippen molar-refractivity contribution in [2.75, 3.05) is 20.3 Å². The van der Waals surface area contributed by atoms with Gasteiger partial charge in [0.25, 0.3) is 0 Å². The van der Waals surface area contributed by atoms with Crippen LogP contribution in [-0.4, -0.2) is 20.3 Å². The van der Waals surface area contributed by atoms with Crippen molar-refractivity contribution in [1.29, 1.82) is 0 Å². The molecule has 114 valence electrons. The van der Waals surface area contributed by atoms with Crippen molar-refractivity contribution in [2.45, 2.75) is 33.1 Å². The van der Waals surface area contributed by atoms with Crippen molar-refractivity contribution in [1.82, 2.24) is 0 Å². The molecule has 1 aromatic rings. The van der Waals surface area contributed by atoms with Gasteiger partial charge in [0, 0.05) is 0 Å². The van der Waals surface area contributed by atoms with E-state index in [0.717, 1.165) is 46.3 Å². The quantitative estimate of drug-likeness (QED) is 0.631. The lowest BCUT2D eigenvalue weighted by atomic mass is 9.87. The molecule has 1 aromatic carbocycles. The van der Waals surface area contributed by atoms with E-state index in [2.05, 4.69) is 45.7 Å². The number of ether oxygens (including phenoxy) is 2. The Labute approximate surface area is 138 Å². The number of methoxy groups -OCH3 is 1. The molecule has 0 aliphatic rings. The van der Waals surface area contributed by atoms with Crippen LogP contribution >= 0.6 is 31.9 Å². The van der Waals surface area contributed by atoms with Crippen LogP contribution < -0.4 is 15.2 Å². The van der Waals surface area contributed by atoms with Crippen LogP contribution in [0.25, 0.3) is 0 Å². The smallest absolute Gasteiger partial charge is 0.134 e. The van der Waals surface area contributed by atoms with Crippen LogP contribution in [0.5, 0.6) is 11.5 Å². The molecule has 0 saturated heterocycles. The molecule has 0 aliphatic heterocycles. The van der Waals surface area contributed by atoms with Gasteiger partial charge >= 0.3 is 0 Å². The third-order valence-corrected chi connectivity index (χ3v) is 4.50. The van der Waals surface area contributed by atoms with Gasteiger partial charge < -0.3 is 15.2 Å². The topological polar surface area (TPSA) is 44.5 Å². The molecule has 0 heterocycles. The molecule has 0 bridgehead atoms. The second-order valence-corrected chi connectivity index (χ2v) is 7.30. The Kier molecular flexibility index (Phi) is 7.34. The molecule has 0 amide bonds. The predicted octanol–water partition coefficient (Wildman–Crippen LogP) is 4.75. The standard InChI is InChI=1S/C15H23Br2NO2/c1-15(2,10-18)6-4-5-7-20-14-9-11(16)13(19-3)8-12(14)17/h8-9H,4-7,10,18H2,1-3H3. The zero-order chi connectivity index (χ0) is 15.2. The van der Waals surface area contributed by atoms with Crippen LogP contribution in [0.1, 0.15) is 33.1 Å². The molecule has 1 rings (SSSR count). The highest BCUT2D eigenvalue weighted by molar-refractivity contribution is 9.11. The van der Waals surface area contributed by atoms with Crippen LogP contribution in [0.15, 0.2) is 21.1 Å². The molecule has 5 heteroatoms. The van der Waals surface area contributed by atoms with Gasteiger partial charge in [0.1, 0.15) is 11.5 Å². The van der Waals surface area contributed by atoms with E-state index in [-0.39, 0.29) is 5.41 Å². The van der Waals surface area contributed by atoms with Crippen molar-refractivity contribution >= 4 is 31.9 Å². The van der Waals surface area contributed by atoms with Crippen LogP contribution in [0, 0.1) is 5.41 Å². The van der Waals surface area contributed by atoms with Crippen LogP contribution in [0.2, 0.25) is 0 Å². The normalized spacial score (nSPS) is 11.5. The first-order valence-electron chi connectivity index (χ1n) is 6.75. The van der Waals surface area contributed by atoms with E-state index in [4.69, 9.17) is 15.2 Å². The lowest BCUT2D eigenvalue weighted by Gasteiger charge is -2.21. The van der Waals surface area contributed by atoms with Crippen molar-refractivity contribution in [3.8, 4) is 11.5 Å². The summed E-state index contributed by atoms with van der Waals surface area (Å²) < 4.78 is 12.8. The lowest BCUT2D eigenvalue weighted by molar-refractivity contribution is 0.277. The Balaban J connectivity index is 2.41. The van der Waals surface area contributed by atoms with Gasteiger partial charge in [-0.25, -0.2) is 0 Å². The number of unbranched alkanes of at least 4 members (excludes halogenated alkanes) is 1. The van der Waals surface area contributed by atoms with Crippen LogP contribution in [0.3, 0.4) is 0 Å². The molecule has 2 N–H and O–H groups in total. The van der Waals surface area contributed by atoms with Gasteiger partial charge in [-0.1, -0.05) is 13.8 Å². The summed E-state index contributed by atoms with van der Waals surface area (Å²) in [6, 6.07) is 3.82. The molecule has 0 atom stereocenters. The molecule has 3 nitrogen and oxygen atoms in total. The average Bonchev–Trinajstić information content (AvgIpc) is 2.41. The number of halogens is 2. The van der Waals surface area contributed by atoms with E-state index in [1.54, 1.807) is 7.11 Å². The maximum atomic E-state index is 5.80. The van der Waals surface area contributed by atoms with Gasteiger partial charge in [-0.3, -0.25) is 0 Å². The molecule has 0 aromatic heterocycles. The van der Waals surface area contributed by atoms with E-state index in [9.17, 15) is 0 Å². The summed E-state index contributed by atoms with van der Waals surface area (Å²) in [5.74, 6) is 1.62. The van der Waals surface area contributed by atoms with Crippen LogP contribution in [0.4, 0.5) is 0 Å². The van der Waals surface area contributed by atoms with Gasteiger partial charge in [-0.2, -0.15) is 0 Å². The predicted molar refractivity (Wildman–Crippen MR) is 90.6 cm³/mol. The maximum Gasteiger partial charge on any atom is 0.134 e. The summed E-state index contributed by atoms with van der Waals surface area (Å²) in [5, 5.41) is 0. The fourth-order valence-corrected chi connectivity index (χ4v) is 2.69. The van der Waals surface area contributed by atoms with Crippen molar-refractivity contribution < 1.29 is 9.47 Å². The van der Waals surface area contributed by atoms with E-state index >= 15 is 0 Å². The Morgan fingerprint density at radius 2 is 1.70 bits per heavy atom. The SMILES string of the molecule is COc1cc(Br)c(OCCCCC(C)(C)CN)cc1Br. The number of nitrogens with two attached hydrogens (primary N) is 1. The molecule has 0 radical (unpaired) electrons. The third kappa shape index (κ3) is 5.62. The monoisotopic (exact) mass is 407 g/mol. The highest BCUT2D eigenvalue weighted by atomic mass is 79.9. The Morgan fingerprint density at radius 1 is 1.10 bits per heavy atom. The highest BCUT2D eigenvalue weighted by Gasteiger charge is 2.14. The second-order valence-electron chi connectivity index (χ2n) is 5.59. The van der Waals surface area contributed by atoms with Crippen LogP contribution in [-0.2, 0) is 0 Å². The van der Waals surface area contributed by atoms with E-state index in [0.29, 0.717) is 6.61 Å². The zero-order valence-electron chi connectivity index (χ0n) is 12.3. The van der Waals surface area contributed by atoms with Crippen molar-refractivity contribution in [2.24, 2.45) is 11.1 Å².